The molecule has 1 aromatic carbocycles. The maximum atomic E-state index is 13.2. The van der Waals surface area contributed by atoms with Gasteiger partial charge in [0.05, 0.1) is 24.8 Å². The summed E-state index contributed by atoms with van der Waals surface area (Å²) in [6.07, 6.45) is -2.03. The number of halogens is 3. The zero-order valence-electron chi connectivity index (χ0n) is 18.5. The van der Waals surface area contributed by atoms with Crippen LogP contribution in [0.3, 0.4) is 0 Å². The predicted molar refractivity (Wildman–Crippen MR) is 124 cm³/mol. The number of nitrogens with one attached hydrogen (secondary N) is 2. The average Bonchev–Trinajstić information content (AvgIpc) is 3.25. The normalized spacial score (nSPS) is 11.6. The zero-order valence-corrected chi connectivity index (χ0v) is 19.3. The second kappa shape index (κ2) is 10.8. The Morgan fingerprint density at radius 3 is 2.61 bits per heavy atom. The number of benzene rings is 1. The first-order chi connectivity index (χ1) is 15.7. The highest BCUT2D eigenvalue weighted by atomic mass is 32.1. The SMILES string of the molecule is COc1cc(Nc2ncc(-c3ccc(CO)s3)c(NCCCN(C)C)n2)cc(C(F)(F)F)c1. The lowest BCUT2D eigenvalue weighted by molar-refractivity contribution is -0.137. The Hall–Kier alpha value is -2.89. The van der Waals surface area contributed by atoms with Crippen LogP contribution >= 0.6 is 11.3 Å². The fraction of sp³-hybridized carbons (Fsp3) is 0.364. The van der Waals surface area contributed by atoms with E-state index < -0.39 is 11.7 Å². The van der Waals surface area contributed by atoms with Gasteiger partial charge in [-0.25, -0.2) is 4.98 Å². The summed E-state index contributed by atoms with van der Waals surface area (Å²) >= 11 is 1.42. The molecule has 0 aliphatic heterocycles. The first-order valence-corrected chi connectivity index (χ1v) is 11.0. The molecule has 0 bridgehead atoms. The van der Waals surface area contributed by atoms with Crippen LogP contribution in [0.5, 0.6) is 5.75 Å². The van der Waals surface area contributed by atoms with Gasteiger partial charge in [0, 0.05) is 34.2 Å². The number of nitrogens with zero attached hydrogens (tertiary/aromatic N) is 3. The van der Waals surface area contributed by atoms with Crippen LogP contribution in [0.4, 0.5) is 30.6 Å². The Morgan fingerprint density at radius 1 is 1.18 bits per heavy atom. The fourth-order valence-corrected chi connectivity index (χ4v) is 3.93. The molecule has 0 saturated carbocycles. The Morgan fingerprint density at radius 2 is 1.97 bits per heavy atom. The number of alkyl halides is 3. The molecule has 3 rings (SSSR count). The summed E-state index contributed by atoms with van der Waals surface area (Å²) in [5, 5.41) is 15.5. The highest BCUT2D eigenvalue weighted by Crippen LogP contribution is 2.36. The Kier molecular flexibility index (Phi) is 8.11. The van der Waals surface area contributed by atoms with Crippen LogP contribution in [0.25, 0.3) is 10.4 Å². The van der Waals surface area contributed by atoms with E-state index >= 15 is 0 Å². The molecule has 178 valence electrons. The van der Waals surface area contributed by atoms with Crippen molar-refractivity contribution in [1.29, 1.82) is 0 Å². The molecule has 0 aliphatic rings. The van der Waals surface area contributed by atoms with Crippen LogP contribution in [0.15, 0.2) is 36.5 Å². The van der Waals surface area contributed by atoms with Gasteiger partial charge in [-0.2, -0.15) is 18.2 Å². The number of ether oxygens (including phenoxy) is 1. The van der Waals surface area contributed by atoms with Gasteiger partial charge in [-0.1, -0.05) is 0 Å². The number of anilines is 3. The van der Waals surface area contributed by atoms with E-state index in [0.29, 0.717) is 12.4 Å². The van der Waals surface area contributed by atoms with Gasteiger partial charge in [-0.15, -0.1) is 11.3 Å². The number of thiophene rings is 1. The van der Waals surface area contributed by atoms with Crippen molar-refractivity contribution >= 4 is 28.8 Å². The Balaban J connectivity index is 1.90. The summed E-state index contributed by atoms with van der Waals surface area (Å²) in [6.45, 7) is 1.47. The minimum Gasteiger partial charge on any atom is -0.497 e. The summed E-state index contributed by atoms with van der Waals surface area (Å²) in [7, 11) is 5.29. The summed E-state index contributed by atoms with van der Waals surface area (Å²) in [4.78, 5) is 12.6. The third kappa shape index (κ3) is 6.80. The molecule has 3 aromatic rings. The summed E-state index contributed by atoms with van der Waals surface area (Å²) in [6, 6.07) is 7.07. The first kappa shape index (κ1) is 24.7. The van der Waals surface area contributed by atoms with E-state index in [4.69, 9.17) is 4.74 Å². The molecule has 2 aromatic heterocycles. The third-order valence-corrected chi connectivity index (χ3v) is 5.78. The molecule has 0 unspecified atom stereocenters. The van der Waals surface area contributed by atoms with Crippen LogP contribution in [0, 0.1) is 0 Å². The Labute approximate surface area is 194 Å². The highest BCUT2D eigenvalue weighted by molar-refractivity contribution is 7.15. The quantitative estimate of drug-likeness (QED) is 0.358. The van der Waals surface area contributed by atoms with Crippen molar-refractivity contribution in [3.63, 3.8) is 0 Å². The average molecular weight is 482 g/mol. The lowest BCUT2D eigenvalue weighted by Gasteiger charge is -2.15. The smallest absolute Gasteiger partial charge is 0.416 e. The molecule has 3 N–H and O–H groups in total. The van der Waals surface area contributed by atoms with Crippen LogP contribution in [-0.4, -0.2) is 54.3 Å². The highest BCUT2D eigenvalue weighted by Gasteiger charge is 2.31. The standard InChI is InChI=1S/C22H26F3N5O2S/c1-30(2)8-4-7-26-20-18(19-6-5-17(13-31)33-19)12-27-21(29-20)28-15-9-14(22(23,24)25)10-16(11-15)32-3/h5-6,9-12,31H,4,7-8,13H2,1-3H3,(H2,26,27,28,29). The molecule has 7 nitrogen and oxygen atoms in total. The number of aliphatic hydroxyl groups excluding tert-OH is 1. The minimum atomic E-state index is -4.52. The second-order valence-corrected chi connectivity index (χ2v) is 8.70. The van der Waals surface area contributed by atoms with Crippen LogP contribution < -0.4 is 15.4 Å². The van der Waals surface area contributed by atoms with Gasteiger partial charge in [0.25, 0.3) is 0 Å². The van der Waals surface area contributed by atoms with Crippen molar-refractivity contribution in [1.82, 2.24) is 14.9 Å². The van der Waals surface area contributed by atoms with Gasteiger partial charge < -0.3 is 25.4 Å². The zero-order chi connectivity index (χ0) is 24.0. The van der Waals surface area contributed by atoms with E-state index in [0.717, 1.165) is 40.4 Å². The third-order valence-electron chi connectivity index (χ3n) is 4.67. The lowest BCUT2D eigenvalue weighted by Crippen LogP contribution is -2.17. The number of aliphatic hydroxyl groups is 1. The van der Waals surface area contributed by atoms with Crippen LogP contribution in [0.2, 0.25) is 0 Å². The van der Waals surface area contributed by atoms with Gasteiger partial charge in [-0.3, -0.25) is 0 Å². The van der Waals surface area contributed by atoms with Crippen molar-refractivity contribution in [3.8, 4) is 16.2 Å². The molecule has 0 atom stereocenters. The summed E-state index contributed by atoms with van der Waals surface area (Å²) in [5.74, 6) is 0.770. The summed E-state index contributed by atoms with van der Waals surface area (Å²) in [5.41, 5.74) is 0.0709. The molecule has 0 spiro atoms. The number of aromatic nitrogens is 2. The van der Waals surface area contributed by atoms with Gasteiger partial charge in [0.15, 0.2) is 0 Å². The van der Waals surface area contributed by atoms with Gasteiger partial charge >= 0.3 is 6.18 Å². The van der Waals surface area contributed by atoms with Gasteiger partial charge in [-0.05, 0) is 51.3 Å². The predicted octanol–water partition coefficient (Wildman–Crippen LogP) is 4.83. The van der Waals surface area contributed by atoms with Crippen molar-refractivity contribution in [2.45, 2.75) is 19.2 Å². The molecule has 33 heavy (non-hydrogen) atoms. The van der Waals surface area contributed by atoms with E-state index in [2.05, 4.69) is 25.5 Å². The number of methoxy groups -OCH3 is 1. The van der Waals surface area contributed by atoms with E-state index in [1.54, 1.807) is 6.20 Å². The number of hydrogen-bond donors (Lipinski definition) is 3. The number of rotatable bonds is 10. The molecule has 0 aliphatic carbocycles. The van der Waals surface area contributed by atoms with Crippen LogP contribution in [-0.2, 0) is 12.8 Å². The second-order valence-electron chi connectivity index (χ2n) is 7.54. The fourth-order valence-electron chi connectivity index (χ4n) is 3.05. The van der Waals surface area contributed by atoms with Crippen molar-refractivity contribution in [2.75, 3.05) is 44.9 Å². The first-order valence-electron chi connectivity index (χ1n) is 10.2. The topological polar surface area (TPSA) is 82.5 Å². The molecule has 0 radical (unpaired) electrons. The molecule has 0 saturated heterocycles. The molecular formula is C22H26F3N5O2S. The van der Waals surface area contributed by atoms with Crippen molar-refractivity contribution in [2.24, 2.45) is 0 Å². The minimum absolute atomic E-state index is 0.0614. The maximum Gasteiger partial charge on any atom is 0.416 e. The molecular weight excluding hydrogens is 455 g/mol. The van der Waals surface area contributed by atoms with Gasteiger partial charge in [0.2, 0.25) is 5.95 Å². The van der Waals surface area contributed by atoms with E-state index in [9.17, 15) is 18.3 Å². The van der Waals surface area contributed by atoms with Crippen molar-refractivity contribution < 1.29 is 23.0 Å². The largest absolute Gasteiger partial charge is 0.497 e. The molecule has 0 fully saturated rings. The molecule has 2 heterocycles. The van der Waals surface area contributed by atoms with E-state index in [-0.39, 0.29) is 24.0 Å². The van der Waals surface area contributed by atoms with E-state index in [1.807, 2.05) is 26.2 Å². The Bertz CT molecular complexity index is 1070. The van der Waals surface area contributed by atoms with E-state index in [1.165, 1.54) is 24.5 Å². The molecule has 11 heteroatoms. The van der Waals surface area contributed by atoms with Crippen molar-refractivity contribution in [3.05, 3.63) is 47.0 Å². The molecule has 0 amide bonds. The van der Waals surface area contributed by atoms with Crippen LogP contribution in [0.1, 0.15) is 16.9 Å². The maximum absolute atomic E-state index is 13.2. The monoisotopic (exact) mass is 481 g/mol. The summed E-state index contributed by atoms with van der Waals surface area (Å²) < 4.78 is 44.7. The van der Waals surface area contributed by atoms with Gasteiger partial charge in [0.1, 0.15) is 11.6 Å². The number of hydrogen-bond acceptors (Lipinski definition) is 8. The lowest BCUT2D eigenvalue weighted by atomic mass is 10.2.